The molecule has 0 heterocycles. The van der Waals surface area contributed by atoms with Crippen LogP contribution < -0.4 is 0 Å². The third kappa shape index (κ3) is 1.90. The van der Waals surface area contributed by atoms with Crippen molar-refractivity contribution >= 4 is 5.78 Å². The first-order valence-electron chi connectivity index (χ1n) is 9.15. The number of rotatable bonds is 0. The third-order valence-corrected chi connectivity index (χ3v) is 8.18. The van der Waals surface area contributed by atoms with Gasteiger partial charge < -0.3 is 5.11 Å². The number of Topliss-reactive ketones (excluding diaryl/α,β-unsaturated/α-hetero) is 1. The monoisotopic (exact) mass is 290 g/mol. The number of fused-ring (bicyclic) bond motifs is 5. The van der Waals surface area contributed by atoms with Crippen LogP contribution in [-0.2, 0) is 4.79 Å². The zero-order chi connectivity index (χ0) is 14.8. The first-order chi connectivity index (χ1) is 9.94. The smallest absolute Gasteiger partial charge is 0.139 e. The van der Waals surface area contributed by atoms with E-state index in [1.165, 1.54) is 25.7 Å². The normalized spacial score (nSPS) is 56.5. The number of ketones is 1. The van der Waals surface area contributed by atoms with Crippen molar-refractivity contribution in [2.45, 2.75) is 77.7 Å². The molecule has 0 saturated heterocycles. The second-order valence-corrected chi connectivity index (χ2v) is 9.09. The molecule has 1 N–H and O–H groups in total. The summed E-state index contributed by atoms with van der Waals surface area (Å²) >= 11 is 0. The lowest BCUT2D eigenvalue weighted by Gasteiger charge is -2.58. The molecule has 4 aliphatic carbocycles. The largest absolute Gasteiger partial charge is 0.393 e. The maximum atomic E-state index is 12.4. The molecule has 0 aromatic rings. The Bertz CT molecular complexity index is 458. The first kappa shape index (κ1) is 14.2. The van der Waals surface area contributed by atoms with Gasteiger partial charge in [0.05, 0.1) is 6.10 Å². The lowest BCUT2D eigenvalue weighted by atomic mass is 9.46. The predicted octanol–water partition coefficient (Wildman–Crippen LogP) is 3.96. The van der Waals surface area contributed by atoms with E-state index in [0.717, 1.165) is 49.9 Å². The van der Waals surface area contributed by atoms with Gasteiger partial charge in [0.15, 0.2) is 0 Å². The van der Waals surface area contributed by atoms with Gasteiger partial charge in [-0.15, -0.1) is 0 Å². The first-order valence-corrected chi connectivity index (χ1v) is 9.15. The summed E-state index contributed by atoms with van der Waals surface area (Å²) in [5, 5.41) is 10.1. The van der Waals surface area contributed by atoms with Gasteiger partial charge in [0.1, 0.15) is 5.78 Å². The quantitative estimate of drug-likeness (QED) is 0.733. The summed E-state index contributed by atoms with van der Waals surface area (Å²) in [6.07, 6.45) is 10.1. The van der Waals surface area contributed by atoms with E-state index in [-0.39, 0.29) is 11.5 Å². The fourth-order valence-corrected chi connectivity index (χ4v) is 7.03. The summed E-state index contributed by atoms with van der Waals surface area (Å²) in [5.74, 6) is 3.65. The Balaban J connectivity index is 1.62. The maximum absolute atomic E-state index is 12.4. The van der Waals surface area contributed by atoms with E-state index < -0.39 is 0 Å². The number of aliphatic hydroxyl groups is 1. The average Bonchev–Trinajstić information content (AvgIpc) is 2.73. The van der Waals surface area contributed by atoms with Crippen LogP contribution in [0.3, 0.4) is 0 Å². The topological polar surface area (TPSA) is 37.3 Å². The van der Waals surface area contributed by atoms with Crippen LogP contribution in [0.15, 0.2) is 0 Å². The maximum Gasteiger partial charge on any atom is 0.139 e. The van der Waals surface area contributed by atoms with Crippen molar-refractivity contribution in [3.8, 4) is 0 Å². The molecule has 4 aliphatic rings. The minimum absolute atomic E-state index is 0.0170. The molecule has 0 unspecified atom stereocenters. The van der Waals surface area contributed by atoms with Gasteiger partial charge in [-0.3, -0.25) is 4.79 Å². The van der Waals surface area contributed by atoms with E-state index >= 15 is 0 Å². The number of hydrogen-bond donors (Lipinski definition) is 1. The summed E-state index contributed by atoms with van der Waals surface area (Å²) in [6.45, 7) is 4.70. The van der Waals surface area contributed by atoms with Crippen LogP contribution in [-0.4, -0.2) is 17.0 Å². The Kier molecular flexibility index (Phi) is 3.10. The van der Waals surface area contributed by atoms with Gasteiger partial charge in [0.2, 0.25) is 0 Å². The minimum atomic E-state index is -0.0651. The summed E-state index contributed by atoms with van der Waals surface area (Å²) in [4.78, 5) is 12.4. The molecule has 0 amide bonds. The molecular weight excluding hydrogens is 260 g/mol. The van der Waals surface area contributed by atoms with Crippen LogP contribution in [0.2, 0.25) is 0 Å². The van der Waals surface area contributed by atoms with Gasteiger partial charge in [0, 0.05) is 11.8 Å². The highest BCUT2D eigenvalue weighted by Gasteiger charge is 2.58. The van der Waals surface area contributed by atoms with Gasteiger partial charge in [-0.05, 0) is 80.5 Å². The molecule has 0 bridgehead atoms. The van der Waals surface area contributed by atoms with Crippen LogP contribution in [0.5, 0.6) is 0 Å². The van der Waals surface area contributed by atoms with Crippen molar-refractivity contribution in [1.82, 2.24) is 0 Å². The van der Waals surface area contributed by atoms with Crippen molar-refractivity contribution < 1.29 is 9.90 Å². The van der Waals surface area contributed by atoms with Gasteiger partial charge in [-0.2, -0.15) is 0 Å². The number of carbonyl (C=O) groups excluding carboxylic acids is 1. The summed E-state index contributed by atoms with van der Waals surface area (Å²) in [7, 11) is 0. The highest BCUT2D eigenvalue weighted by Crippen LogP contribution is 2.64. The van der Waals surface area contributed by atoms with Gasteiger partial charge in [-0.25, -0.2) is 0 Å². The molecule has 0 radical (unpaired) electrons. The minimum Gasteiger partial charge on any atom is -0.393 e. The molecule has 2 nitrogen and oxygen atoms in total. The van der Waals surface area contributed by atoms with E-state index in [0.29, 0.717) is 17.1 Å². The molecule has 118 valence electrons. The predicted molar refractivity (Wildman–Crippen MR) is 82.7 cm³/mol. The van der Waals surface area contributed by atoms with E-state index in [2.05, 4.69) is 13.8 Å². The Labute approximate surface area is 128 Å². The Morgan fingerprint density at radius 3 is 2.48 bits per heavy atom. The number of carbonyl (C=O) groups is 1. The summed E-state index contributed by atoms with van der Waals surface area (Å²) in [5.41, 5.74) is 0.387. The van der Waals surface area contributed by atoms with Gasteiger partial charge in [-0.1, -0.05) is 13.8 Å². The van der Waals surface area contributed by atoms with Crippen molar-refractivity contribution in [3.63, 3.8) is 0 Å². The van der Waals surface area contributed by atoms with Crippen LogP contribution >= 0.6 is 0 Å². The van der Waals surface area contributed by atoms with Crippen molar-refractivity contribution in [3.05, 3.63) is 0 Å². The molecule has 21 heavy (non-hydrogen) atoms. The Hall–Kier alpha value is -0.370. The molecule has 2 heteroatoms. The standard InChI is InChI=1S/C19H30O2/c1-18-9-7-14-13(15(18)4-3-12(20)11-18)8-10-19(2)16(14)5-6-17(19)21/h12-16,20H,3-11H2,1-2H3/t12-,13+,14-,15-,16+,18+,19+/m1/s1. The molecule has 7 atom stereocenters. The molecule has 0 aliphatic heterocycles. The zero-order valence-electron chi connectivity index (χ0n) is 13.6. The van der Waals surface area contributed by atoms with E-state index in [4.69, 9.17) is 0 Å². The fraction of sp³-hybridized carbons (Fsp3) is 0.947. The second kappa shape index (κ2) is 4.57. The summed E-state index contributed by atoms with van der Waals surface area (Å²) < 4.78 is 0. The van der Waals surface area contributed by atoms with Crippen LogP contribution in [0.4, 0.5) is 0 Å². The van der Waals surface area contributed by atoms with Crippen LogP contribution in [0.1, 0.15) is 71.6 Å². The highest BCUT2D eigenvalue weighted by molar-refractivity contribution is 5.87. The number of aliphatic hydroxyl groups excluding tert-OH is 1. The molecule has 4 rings (SSSR count). The highest BCUT2D eigenvalue weighted by atomic mass is 16.3. The van der Waals surface area contributed by atoms with E-state index in [9.17, 15) is 9.90 Å². The van der Waals surface area contributed by atoms with Crippen molar-refractivity contribution in [1.29, 1.82) is 0 Å². The summed E-state index contributed by atoms with van der Waals surface area (Å²) in [6, 6.07) is 0. The Morgan fingerprint density at radius 1 is 0.952 bits per heavy atom. The molecule has 4 saturated carbocycles. The molecule has 0 spiro atoms. The molecular formula is C19H30O2. The van der Waals surface area contributed by atoms with Crippen molar-refractivity contribution in [2.24, 2.45) is 34.5 Å². The van der Waals surface area contributed by atoms with Crippen LogP contribution in [0, 0.1) is 34.5 Å². The lowest BCUT2D eigenvalue weighted by Crippen LogP contribution is -2.52. The molecule has 0 aromatic heterocycles. The van der Waals surface area contributed by atoms with Gasteiger partial charge in [0.25, 0.3) is 0 Å². The second-order valence-electron chi connectivity index (χ2n) is 9.09. The van der Waals surface area contributed by atoms with Crippen LogP contribution in [0.25, 0.3) is 0 Å². The fourth-order valence-electron chi connectivity index (χ4n) is 7.03. The zero-order valence-corrected chi connectivity index (χ0v) is 13.6. The molecule has 4 fully saturated rings. The number of hydrogen-bond acceptors (Lipinski definition) is 2. The SMILES string of the molecule is C[C@@]12CC[C@@H]3[C@H](CC[C@]4(C)C(=O)CC[C@@H]34)[C@H]1CC[C@@H](O)C2. The average molecular weight is 290 g/mol. The van der Waals surface area contributed by atoms with E-state index in [1.54, 1.807) is 0 Å². The van der Waals surface area contributed by atoms with Gasteiger partial charge >= 0.3 is 0 Å². The van der Waals surface area contributed by atoms with E-state index in [1.807, 2.05) is 0 Å². The lowest BCUT2D eigenvalue weighted by molar-refractivity contribution is -0.138. The molecule has 0 aromatic carbocycles. The van der Waals surface area contributed by atoms with Crippen molar-refractivity contribution in [2.75, 3.05) is 0 Å². The Morgan fingerprint density at radius 2 is 1.67 bits per heavy atom. The third-order valence-electron chi connectivity index (χ3n) is 8.18.